The molecule has 3 rings (SSSR count). The zero-order chi connectivity index (χ0) is 17.1. The summed E-state index contributed by atoms with van der Waals surface area (Å²) in [6.45, 7) is 6.31. The summed E-state index contributed by atoms with van der Waals surface area (Å²) < 4.78 is 21.0. The average molecular weight is 339 g/mol. The van der Waals surface area contributed by atoms with Gasteiger partial charge in [-0.25, -0.2) is 4.39 Å². The summed E-state index contributed by atoms with van der Waals surface area (Å²) in [6, 6.07) is 0.510. The lowest BCUT2D eigenvalue weighted by molar-refractivity contribution is 0.0250. The van der Waals surface area contributed by atoms with Crippen molar-refractivity contribution in [2.24, 2.45) is 0 Å². The van der Waals surface area contributed by atoms with Crippen molar-refractivity contribution in [3.05, 3.63) is 11.9 Å². The van der Waals surface area contributed by atoms with E-state index < -0.39 is 6.17 Å². The van der Waals surface area contributed by atoms with Gasteiger partial charge in [0.2, 0.25) is 0 Å². The van der Waals surface area contributed by atoms with Crippen molar-refractivity contribution in [3.8, 4) is 0 Å². The molecule has 2 saturated heterocycles. The van der Waals surface area contributed by atoms with E-state index in [0.29, 0.717) is 31.2 Å². The van der Waals surface area contributed by atoms with Crippen molar-refractivity contribution in [1.82, 2.24) is 25.2 Å². The molecule has 134 valence electrons. The monoisotopic (exact) mass is 339 g/mol. The molecule has 1 N–H and O–H groups in total. The van der Waals surface area contributed by atoms with E-state index in [1.165, 1.54) is 0 Å². The van der Waals surface area contributed by atoms with Crippen LogP contribution in [0.2, 0.25) is 0 Å². The molecule has 3 heterocycles. The fourth-order valence-corrected chi connectivity index (χ4v) is 3.57. The Bertz CT molecular complexity index is 558. The number of carbonyl (C=O) groups is 1. The first-order chi connectivity index (χ1) is 11.5. The van der Waals surface area contributed by atoms with Crippen molar-refractivity contribution in [2.45, 2.75) is 64.0 Å². The molecule has 0 radical (unpaired) electrons. The van der Waals surface area contributed by atoms with Gasteiger partial charge in [0.05, 0.1) is 12.7 Å². The number of carbonyl (C=O) groups excluding carboxylic acids is 1. The molecule has 0 bridgehead atoms. The van der Waals surface area contributed by atoms with Crippen LogP contribution in [0.3, 0.4) is 0 Å². The molecule has 7 nitrogen and oxygen atoms in total. The van der Waals surface area contributed by atoms with Crippen LogP contribution in [-0.4, -0.2) is 69.9 Å². The highest BCUT2D eigenvalue weighted by Crippen LogP contribution is 2.28. The highest BCUT2D eigenvalue weighted by molar-refractivity contribution is 5.91. The molecule has 1 aromatic heterocycles. The molecular weight excluding hydrogens is 313 g/mol. The molecule has 2 atom stereocenters. The highest BCUT2D eigenvalue weighted by Gasteiger charge is 2.37. The molecule has 2 aliphatic rings. The van der Waals surface area contributed by atoms with Gasteiger partial charge in [-0.1, -0.05) is 5.21 Å². The third-order valence-corrected chi connectivity index (χ3v) is 4.65. The molecule has 0 saturated carbocycles. The third kappa shape index (κ3) is 4.10. The lowest BCUT2D eigenvalue weighted by Crippen LogP contribution is -2.44. The van der Waals surface area contributed by atoms with E-state index in [0.717, 1.165) is 26.1 Å². The fraction of sp³-hybridized carbons (Fsp3) is 0.812. The second-order valence-corrected chi connectivity index (χ2v) is 6.98. The van der Waals surface area contributed by atoms with Gasteiger partial charge in [-0.2, -0.15) is 0 Å². The van der Waals surface area contributed by atoms with E-state index in [1.54, 1.807) is 10.9 Å². The van der Waals surface area contributed by atoms with Gasteiger partial charge in [0.25, 0.3) is 5.91 Å². The number of hydrogen-bond acceptors (Lipinski definition) is 5. The van der Waals surface area contributed by atoms with Gasteiger partial charge < -0.3 is 10.1 Å². The van der Waals surface area contributed by atoms with Crippen LogP contribution in [0.5, 0.6) is 0 Å². The van der Waals surface area contributed by atoms with E-state index in [4.69, 9.17) is 4.74 Å². The zero-order valence-electron chi connectivity index (χ0n) is 14.3. The number of ether oxygens (including phenoxy) is 1. The Morgan fingerprint density at radius 2 is 2.21 bits per heavy atom. The largest absolute Gasteiger partial charge is 0.381 e. The lowest BCUT2D eigenvalue weighted by atomic mass is 10.1. The summed E-state index contributed by atoms with van der Waals surface area (Å²) in [5.74, 6) is -0.229. The summed E-state index contributed by atoms with van der Waals surface area (Å²) in [5, 5.41) is 10.8. The Balaban J connectivity index is 1.63. The topological polar surface area (TPSA) is 72.3 Å². The Labute approximate surface area is 141 Å². The minimum Gasteiger partial charge on any atom is -0.381 e. The van der Waals surface area contributed by atoms with Crippen LogP contribution in [0.25, 0.3) is 0 Å². The Hall–Kier alpha value is -1.54. The first-order valence-electron chi connectivity index (χ1n) is 8.71. The van der Waals surface area contributed by atoms with Crippen LogP contribution in [-0.2, 0) is 11.3 Å². The van der Waals surface area contributed by atoms with Gasteiger partial charge in [-0.3, -0.25) is 14.4 Å². The summed E-state index contributed by atoms with van der Waals surface area (Å²) in [6.07, 6.45) is 3.24. The number of alkyl halides is 1. The van der Waals surface area contributed by atoms with Gasteiger partial charge in [0, 0.05) is 37.9 Å². The fourth-order valence-electron chi connectivity index (χ4n) is 3.57. The van der Waals surface area contributed by atoms with Crippen LogP contribution in [0.15, 0.2) is 6.20 Å². The van der Waals surface area contributed by atoms with Crippen molar-refractivity contribution in [1.29, 1.82) is 0 Å². The minimum atomic E-state index is -0.801. The second kappa shape index (κ2) is 7.57. The van der Waals surface area contributed by atoms with Crippen molar-refractivity contribution < 1.29 is 13.9 Å². The van der Waals surface area contributed by atoms with Crippen LogP contribution in [0.1, 0.15) is 43.6 Å². The van der Waals surface area contributed by atoms with E-state index in [2.05, 4.69) is 20.5 Å². The average Bonchev–Trinajstić information content (AvgIpc) is 3.15. The number of amides is 1. The molecule has 0 aromatic carbocycles. The van der Waals surface area contributed by atoms with E-state index in [1.807, 2.05) is 13.8 Å². The Morgan fingerprint density at radius 3 is 2.92 bits per heavy atom. The normalized spacial score (nSPS) is 26.2. The predicted molar refractivity (Wildman–Crippen MR) is 86.5 cm³/mol. The molecule has 2 aliphatic heterocycles. The molecule has 1 amide bonds. The molecule has 8 heteroatoms. The number of nitrogens with one attached hydrogen (secondary N) is 1. The van der Waals surface area contributed by atoms with Gasteiger partial charge in [-0.05, 0) is 33.1 Å². The molecular formula is C16H26FN5O2. The summed E-state index contributed by atoms with van der Waals surface area (Å²) in [5.41, 5.74) is 0.302. The predicted octanol–water partition coefficient (Wildman–Crippen LogP) is 1.01. The van der Waals surface area contributed by atoms with Gasteiger partial charge >= 0.3 is 0 Å². The maximum atomic E-state index is 14.0. The third-order valence-electron chi connectivity index (χ3n) is 4.65. The van der Waals surface area contributed by atoms with Crippen LogP contribution >= 0.6 is 0 Å². The molecule has 0 unspecified atom stereocenters. The number of aromatic nitrogens is 3. The van der Waals surface area contributed by atoms with Crippen LogP contribution in [0, 0.1) is 0 Å². The van der Waals surface area contributed by atoms with Gasteiger partial charge in [0.1, 0.15) is 6.17 Å². The SMILES string of the molecule is CC(C)NC(=O)c1cn(C[C@@H]2C[C@H](F)CN2C2CCOCC2)nn1. The van der Waals surface area contributed by atoms with Crippen molar-refractivity contribution in [2.75, 3.05) is 19.8 Å². The molecule has 2 fully saturated rings. The first-order valence-corrected chi connectivity index (χ1v) is 8.71. The van der Waals surface area contributed by atoms with Crippen LogP contribution < -0.4 is 5.32 Å². The number of likely N-dealkylation sites (tertiary alicyclic amines) is 1. The summed E-state index contributed by atoms with van der Waals surface area (Å²) >= 11 is 0. The lowest BCUT2D eigenvalue weighted by Gasteiger charge is -2.35. The summed E-state index contributed by atoms with van der Waals surface area (Å²) in [4.78, 5) is 14.2. The van der Waals surface area contributed by atoms with Crippen LogP contribution in [0.4, 0.5) is 4.39 Å². The van der Waals surface area contributed by atoms with Crippen molar-refractivity contribution >= 4 is 5.91 Å². The quantitative estimate of drug-likeness (QED) is 0.867. The molecule has 0 aliphatic carbocycles. The molecule has 24 heavy (non-hydrogen) atoms. The van der Waals surface area contributed by atoms with E-state index >= 15 is 0 Å². The molecule has 0 spiro atoms. The maximum Gasteiger partial charge on any atom is 0.273 e. The van der Waals surface area contributed by atoms with Gasteiger partial charge in [-0.15, -0.1) is 5.10 Å². The Kier molecular flexibility index (Phi) is 5.45. The van der Waals surface area contributed by atoms with E-state index in [9.17, 15) is 9.18 Å². The zero-order valence-corrected chi connectivity index (χ0v) is 14.3. The second-order valence-electron chi connectivity index (χ2n) is 6.98. The number of rotatable bonds is 5. The minimum absolute atomic E-state index is 0.0498. The Morgan fingerprint density at radius 1 is 1.46 bits per heavy atom. The summed E-state index contributed by atoms with van der Waals surface area (Å²) in [7, 11) is 0. The van der Waals surface area contributed by atoms with Gasteiger partial charge in [0.15, 0.2) is 5.69 Å². The number of hydrogen-bond donors (Lipinski definition) is 1. The smallest absolute Gasteiger partial charge is 0.273 e. The van der Waals surface area contributed by atoms with E-state index in [-0.39, 0.29) is 18.0 Å². The molecule has 1 aromatic rings. The number of nitrogens with zero attached hydrogens (tertiary/aromatic N) is 4. The standard InChI is InChI=1S/C16H26FN5O2/c1-11(2)18-16(23)15-10-21(20-19-15)9-14-7-12(17)8-22(14)13-3-5-24-6-4-13/h10-14H,3-9H2,1-2H3,(H,18,23)/t12-,14-/m0/s1. The van der Waals surface area contributed by atoms with Crippen molar-refractivity contribution in [3.63, 3.8) is 0 Å². The first kappa shape index (κ1) is 17.3. The highest BCUT2D eigenvalue weighted by atomic mass is 19.1. The number of halogens is 1. The maximum absolute atomic E-state index is 14.0.